The first-order valence-electron chi connectivity index (χ1n) is 7.29. The zero-order valence-electron chi connectivity index (χ0n) is 11.8. The minimum Gasteiger partial charge on any atom is -0.380 e. The van der Waals surface area contributed by atoms with Gasteiger partial charge in [0.2, 0.25) is 0 Å². The largest absolute Gasteiger partial charge is 0.380 e. The maximum atomic E-state index is 6.21. The molecule has 0 atom stereocenters. The normalized spacial score (nSPS) is 17.5. The molecule has 1 N–H and O–H groups in total. The van der Waals surface area contributed by atoms with Gasteiger partial charge in [-0.15, -0.1) is 0 Å². The number of piperidine rings is 1. The van der Waals surface area contributed by atoms with Gasteiger partial charge in [-0.2, -0.15) is 0 Å². The van der Waals surface area contributed by atoms with Crippen LogP contribution in [0.1, 0.15) is 19.8 Å². The lowest BCUT2D eigenvalue weighted by Crippen LogP contribution is -2.38. The van der Waals surface area contributed by atoms with E-state index in [1.807, 2.05) is 24.4 Å². The topological polar surface area (TPSA) is 28.2 Å². The zero-order valence-corrected chi connectivity index (χ0v) is 12.5. The van der Waals surface area contributed by atoms with Gasteiger partial charge in [-0.25, -0.2) is 0 Å². The average Bonchev–Trinajstić information content (AvgIpc) is 2.48. The molecule has 0 unspecified atom stereocenters. The predicted octanol–water partition coefficient (Wildman–Crippen LogP) is 3.78. The minimum atomic E-state index is 0.515. The summed E-state index contributed by atoms with van der Waals surface area (Å²) in [6.45, 7) is 5.71. The van der Waals surface area contributed by atoms with Crippen LogP contribution in [-0.4, -0.2) is 35.6 Å². The molecule has 3 nitrogen and oxygen atoms in total. The maximum absolute atomic E-state index is 6.21. The van der Waals surface area contributed by atoms with E-state index in [2.05, 4.69) is 28.2 Å². The van der Waals surface area contributed by atoms with Crippen molar-refractivity contribution in [3.05, 3.63) is 35.5 Å². The van der Waals surface area contributed by atoms with Crippen molar-refractivity contribution in [3.63, 3.8) is 0 Å². The molecule has 0 radical (unpaired) electrons. The Balaban J connectivity index is 1.81. The fourth-order valence-electron chi connectivity index (χ4n) is 2.88. The Morgan fingerprint density at radius 2 is 2.15 bits per heavy atom. The number of rotatable bonds is 3. The monoisotopic (exact) mass is 289 g/mol. The van der Waals surface area contributed by atoms with Gasteiger partial charge in [0.25, 0.3) is 0 Å². The highest BCUT2D eigenvalue weighted by atomic mass is 35.5. The summed E-state index contributed by atoms with van der Waals surface area (Å²) in [6, 6.07) is 8.47. The Morgan fingerprint density at radius 3 is 2.90 bits per heavy atom. The van der Waals surface area contributed by atoms with Crippen LogP contribution >= 0.6 is 11.6 Å². The lowest BCUT2D eigenvalue weighted by Gasteiger charge is -2.32. The Morgan fingerprint density at radius 1 is 1.35 bits per heavy atom. The first-order chi connectivity index (χ1) is 9.76. The Labute approximate surface area is 124 Å². The van der Waals surface area contributed by atoms with Crippen LogP contribution in [0.4, 0.5) is 5.69 Å². The second kappa shape index (κ2) is 5.98. The number of anilines is 1. The smallest absolute Gasteiger partial charge is 0.0934 e. The number of benzene rings is 1. The van der Waals surface area contributed by atoms with Crippen LogP contribution in [0.15, 0.2) is 30.5 Å². The molecule has 106 valence electrons. The van der Waals surface area contributed by atoms with Crippen molar-refractivity contribution in [1.29, 1.82) is 0 Å². The number of nitrogens with one attached hydrogen (secondary N) is 1. The van der Waals surface area contributed by atoms with E-state index in [1.165, 1.54) is 25.9 Å². The van der Waals surface area contributed by atoms with Crippen LogP contribution in [-0.2, 0) is 0 Å². The van der Waals surface area contributed by atoms with Crippen molar-refractivity contribution in [1.82, 2.24) is 9.88 Å². The molecule has 0 bridgehead atoms. The molecule has 1 saturated heterocycles. The molecule has 2 heterocycles. The van der Waals surface area contributed by atoms with Crippen LogP contribution < -0.4 is 5.32 Å². The Hall–Kier alpha value is -1.32. The lowest BCUT2D eigenvalue weighted by atomic mass is 10.0. The van der Waals surface area contributed by atoms with E-state index in [-0.39, 0.29) is 0 Å². The molecule has 1 aliphatic heterocycles. The zero-order chi connectivity index (χ0) is 13.9. The summed E-state index contributed by atoms with van der Waals surface area (Å²) >= 11 is 6.21. The van der Waals surface area contributed by atoms with Crippen LogP contribution in [0.2, 0.25) is 5.02 Å². The lowest BCUT2D eigenvalue weighted by molar-refractivity contribution is 0.229. The van der Waals surface area contributed by atoms with E-state index in [9.17, 15) is 0 Å². The van der Waals surface area contributed by atoms with E-state index in [1.54, 1.807) is 0 Å². The van der Waals surface area contributed by atoms with Gasteiger partial charge in [0.1, 0.15) is 0 Å². The van der Waals surface area contributed by atoms with Crippen LogP contribution in [0, 0.1) is 0 Å². The first-order valence-corrected chi connectivity index (χ1v) is 7.67. The van der Waals surface area contributed by atoms with Gasteiger partial charge in [-0.1, -0.05) is 24.6 Å². The van der Waals surface area contributed by atoms with Crippen molar-refractivity contribution < 1.29 is 0 Å². The van der Waals surface area contributed by atoms with Crippen LogP contribution in [0.25, 0.3) is 10.9 Å². The van der Waals surface area contributed by atoms with Crippen molar-refractivity contribution in [2.45, 2.75) is 25.8 Å². The summed E-state index contributed by atoms with van der Waals surface area (Å²) in [5.41, 5.74) is 2.07. The van der Waals surface area contributed by atoms with Gasteiger partial charge in [-0.05, 0) is 37.6 Å². The molecule has 0 amide bonds. The Kier molecular flexibility index (Phi) is 4.08. The highest BCUT2D eigenvalue weighted by Crippen LogP contribution is 2.28. The summed E-state index contributed by atoms with van der Waals surface area (Å²) in [5.74, 6) is 0. The highest BCUT2D eigenvalue weighted by Gasteiger charge is 2.18. The molecule has 0 saturated carbocycles. The third-order valence-corrected chi connectivity index (χ3v) is 4.28. The molecule has 1 aromatic heterocycles. The summed E-state index contributed by atoms with van der Waals surface area (Å²) in [7, 11) is 0. The number of aromatic nitrogens is 1. The van der Waals surface area contributed by atoms with Crippen LogP contribution in [0.5, 0.6) is 0 Å². The van der Waals surface area contributed by atoms with E-state index in [4.69, 9.17) is 11.6 Å². The van der Waals surface area contributed by atoms with Crippen molar-refractivity contribution in [3.8, 4) is 0 Å². The highest BCUT2D eigenvalue weighted by molar-refractivity contribution is 6.31. The number of nitrogens with zero attached hydrogens (tertiary/aromatic N) is 2. The van der Waals surface area contributed by atoms with Gasteiger partial charge in [-0.3, -0.25) is 4.98 Å². The van der Waals surface area contributed by atoms with E-state index < -0.39 is 0 Å². The van der Waals surface area contributed by atoms with Crippen molar-refractivity contribution in [2.24, 2.45) is 0 Å². The fraction of sp³-hybridized carbons (Fsp3) is 0.438. The third-order valence-electron chi connectivity index (χ3n) is 4.06. The SMILES string of the molecule is CCN1CCC(Nc2cc(Cl)cc3cccnc23)CC1. The maximum Gasteiger partial charge on any atom is 0.0934 e. The number of likely N-dealkylation sites (tertiary alicyclic amines) is 1. The number of hydrogen-bond donors (Lipinski definition) is 1. The van der Waals surface area contributed by atoms with Crippen LogP contribution in [0.3, 0.4) is 0 Å². The molecule has 1 aromatic carbocycles. The average molecular weight is 290 g/mol. The van der Waals surface area contributed by atoms with Gasteiger partial charge in [0.05, 0.1) is 11.2 Å². The minimum absolute atomic E-state index is 0.515. The first kappa shape index (κ1) is 13.7. The molecule has 3 rings (SSSR count). The number of halogens is 1. The molecule has 0 spiro atoms. The standard InChI is InChI=1S/C16H20ClN3/c1-2-20-8-5-14(6-9-20)19-15-11-13(17)10-12-4-3-7-18-16(12)15/h3-4,7,10-11,14,19H,2,5-6,8-9H2,1H3. The summed E-state index contributed by atoms with van der Waals surface area (Å²) in [4.78, 5) is 6.98. The summed E-state index contributed by atoms with van der Waals surface area (Å²) in [6.07, 6.45) is 4.18. The molecule has 0 aliphatic carbocycles. The molecule has 1 aliphatic rings. The molecule has 1 fully saturated rings. The third kappa shape index (κ3) is 2.89. The number of pyridine rings is 1. The van der Waals surface area contributed by atoms with Crippen molar-refractivity contribution in [2.75, 3.05) is 25.0 Å². The van der Waals surface area contributed by atoms with E-state index >= 15 is 0 Å². The predicted molar refractivity (Wildman–Crippen MR) is 85.5 cm³/mol. The van der Waals surface area contributed by atoms with E-state index in [0.29, 0.717) is 6.04 Å². The fourth-order valence-corrected chi connectivity index (χ4v) is 3.11. The van der Waals surface area contributed by atoms with E-state index in [0.717, 1.165) is 28.2 Å². The second-order valence-corrected chi connectivity index (χ2v) is 5.82. The van der Waals surface area contributed by atoms with Crippen molar-refractivity contribution >= 4 is 28.2 Å². The summed E-state index contributed by atoms with van der Waals surface area (Å²) < 4.78 is 0. The quantitative estimate of drug-likeness (QED) is 0.932. The van der Waals surface area contributed by atoms with Gasteiger partial charge >= 0.3 is 0 Å². The summed E-state index contributed by atoms with van der Waals surface area (Å²) in [5, 5.41) is 5.49. The molecular formula is C16H20ClN3. The number of hydrogen-bond acceptors (Lipinski definition) is 3. The van der Waals surface area contributed by atoms with Gasteiger partial charge in [0.15, 0.2) is 0 Å². The van der Waals surface area contributed by atoms with Gasteiger partial charge in [0, 0.05) is 35.7 Å². The molecular weight excluding hydrogens is 270 g/mol. The number of fused-ring (bicyclic) bond motifs is 1. The Bertz CT molecular complexity index is 591. The molecule has 20 heavy (non-hydrogen) atoms. The van der Waals surface area contributed by atoms with Gasteiger partial charge < -0.3 is 10.2 Å². The molecule has 2 aromatic rings. The second-order valence-electron chi connectivity index (χ2n) is 5.38. The molecule has 4 heteroatoms.